The van der Waals surface area contributed by atoms with Gasteiger partial charge in [0.2, 0.25) is 0 Å². The maximum absolute atomic E-state index is 11.6. The van der Waals surface area contributed by atoms with Crippen LogP contribution in [0.15, 0.2) is 17.0 Å². The Kier molecular flexibility index (Phi) is 4.83. The summed E-state index contributed by atoms with van der Waals surface area (Å²) in [6.45, 7) is 7.08. The summed E-state index contributed by atoms with van der Waals surface area (Å²) in [5, 5.41) is 8.76. The van der Waals surface area contributed by atoms with Gasteiger partial charge in [0, 0.05) is 10.7 Å². The van der Waals surface area contributed by atoms with Crippen LogP contribution >= 0.6 is 10.7 Å². The third-order valence-corrected chi connectivity index (χ3v) is 4.06. The standard InChI is InChI=1S/C13H16ClNO3S/c1-8(2)11-6-12(18-10(4)7-15)9(3)5-13(11)19(14,16)17/h5-6,8,10H,1-4H3. The molecule has 0 radical (unpaired) electrons. The Morgan fingerprint density at radius 3 is 2.32 bits per heavy atom. The van der Waals surface area contributed by atoms with Gasteiger partial charge in [0.1, 0.15) is 11.8 Å². The summed E-state index contributed by atoms with van der Waals surface area (Å²) in [6, 6.07) is 5.09. The van der Waals surface area contributed by atoms with Crippen LogP contribution in [0.5, 0.6) is 5.75 Å². The molecule has 0 saturated carbocycles. The SMILES string of the molecule is Cc1cc(S(=O)(=O)Cl)c(C(C)C)cc1OC(C)C#N. The highest BCUT2D eigenvalue weighted by Crippen LogP contribution is 2.33. The maximum Gasteiger partial charge on any atom is 0.261 e. The van der Waals surface area contributed by atoms with E-state index >= 15 is 0 Å². The highest BCUT2D eigenvalue weighted by atomic mass is 35.7. The second-order valence-corrected chi connectivity index (χ2v) is 7.17. The van der Waals surface area contributed by atoms with Gasteiger partial charge in [-0.15, -0.1) is 0 Å². The summed E-state index contributed by atoms with van der Waals surface area (Å²) >= 11 is 0. The molecule has 0 heterocycles. The number of hydrogen-bond donors (Lipinski definition) is 0. The smallest absolute Gasteiger partial charge is 0.261 e. The lowest BCUT2D eigenvalue weighted by atomic mass is 10.0. The second kappa shape index (κ2) is 5.81. The number of rotatable bonds is 4. The maximum atomic E-state index is 11.6. The van der Waals surface area contributed by atoms with E-state index in [0.717, 1.165) is 0 Å². The zero-order valence-electron chi connectivity index (χ0n) is 11.3. The molecule has 0 fully saturated rings. The van der Waals surface area contributed by atoms with Crippen molar-refractivity contribution in [1.82, 2.24) is 0 Å². The molecule has 0 bridgehead atoms. The van der Waals surface area contributed by atoms with E-state index in [1.165, 1.54) is 6.07 Å². The molecule has 1 rings (SSSR count). The fourth-order valence-electron chi connectivity index (χ4n) is 1.68. The highest BCUT2D eigenvalue weighted by Gasteiger charge is 2.20. The van der Waals surface area contributed by atoms with Crippen LogP contribution in [0.1, 0.15) is 37.8 Å². The lowest BCUT2D eigenvalue weighted by Gasteiger charge is -2.16. The monoisotopic (exact) mass is 301 g/mol. The molecular formula is C13H16ClNO3S. The minimum absolute atomic E-state index is 0.0242. The second-order valence-electron chi connectivity index (χ2n) is 4.64. The van der Waals surface area contributed by atoms with E-state index < -0.39 is 15.2 Å². The van der Waals surface area contributed by atoms with E-state index in [9.17, 15) is 8.42 Å². The van der Waals surface area contributed by atoms with Crippen LogP contribution in [0.4, 0.5) is 0 Å². The zero-order valence-corrected chi connectivity index (χ0v) is 12.8. The Bertz CT molecular complexity index is 618. The third-order valence-electron chi connectivity index (χ3n) is 2.68. The van der Waals surface area contributed by atoms with Gasteiger partial charge < -0.3 is 4.74 Å². The topological polar surface area (TPSA) is 67.2 Å². The van der Waals surface area contributed by atoms with Gasteiger partial charge in [-0.25, -0.2) is 8.42 Å². The summed E-state index contributed by atoms with van der Waals surface area (Å²) in [6.07, 6.45) is -0.600. The van der Waals surface area contributed by atoms with Gasteiger partial charge in [-0.2, -0.15) is 5.26 Å². The van der Waals surface area contributed by atoms with Crippen molar-refractivity contribution in [2.24, 2.45) is 0 Å². The molecule has 0 spiro atoms. The Balaban J connectivity index is 3.42. The van der Waals surface area contributed by atoms with Crippen molar-refractivity contribution in [3.8, 4) is 11.8 Å². The van der Waals surface area contributed by atoms with Gasteiger partial charge in [0.25, 0.3) is 9.05 Å². The normalized spacial score (nSPS) is 13.1. The molecule has 0 aliphatic rings. The molecule has 1 aromatic rings. The van der Waals surface area contributed by atoms with E-state index in [4.69, 9.17) is 20.7 Å². The molecule has 104 valence electrons. The minimum Gasteiger partial charge on any atom is -0.476 e. The Hall–Kier alpha value is -1.25. The summed E-state index contributed by atoms with van der Waals surface area (Å²) in [4.78, 5) is 0.0960. The van der Waals surface area contributed by atoms with E-state index in [-0.39, 0.29) is 10.8 Å². The van der Waals surface area contributed by atoms with Crippen molar-refractivity contribution in [3.63, 3.8) is 0 Å². The first-order valence-electron chi connectivity index (χ1n) is 5.82. The summed E-state index contributed by atoms with van der Waals surface area (Å²) in [5.41, 5.74) is 1.21. The van der Waals surface area contributed by atoms with Gasteiger partial charge >= 0.3 is 0 Å². The van der Waals surface area contributed by atoms with Crippen LogP contribution in [0.2, 0.25) is 0 Å². The molecule has 0 saturated heterocycles. The average molecular weight is 302 g/mol. The van der Waals surface area contributed by atoms with Gasteiger partial charge in [-0.3, -0.25) is 0 Å². The number of halogens is 1. The predicted octanol–water partition coefficient (Wildman–Crippen LogP) is 3.34. The molecule has 6 heteroatoms. The van der Waals surface area contributed by atoms with Crippen molar-refractivity contribution in [2.45, 2.75) is 44.6 Å². The highest BCUT2D eigenvalue weighted by molar-refractivity contribution is 8.13. The summed E-state index contributed by atoms with van der Waals surface area (Å²) in [5.74, 6) is 0.477. The van der Waals surface area contributed by atoms with E-state index in [1.807, 2.05) is 19.9 Å². The fraction of sp³-hybridized carbons (Fsp3) is 0.462. The van der Waals surface area contributed by atoms with Crippen LogP contribution in [0, 0.1) is 18.3 Å². The fourth-order valence-corrected chi connectivity index (χ4v) is 2.98. The largest absolute Gasteiger partial charge is 0.476 e. The van der Waals surface area contributed by atoms with Crippen molar-refractivity contribution >= 4 is 19.7 Å². The van der Waals surface area contributed by atoms with E-state index in [0.29, 0.717) is 16.9 Å². The Labute approximate surface area is 118 Å². The molecule has 19 heavy (non-hydrogen) atoms. The minimum atomic E-state index is -3.80. The van der Waals surface area contributed by atoms with Crippen LogP contribution in [-0.4, -0.2) is 14.5 Å². The number of nitrogens with zero attached hydrogens (tertiary/aromatic N) is 1. The average Bonchev–Trinajstić information content (AvgIpc) is 2.29. The summed E-state index contributed by atoms with van der Waals surface area (Å²) < 4.78 is 28.6. The molecule has 4 nitrogen and oxygen atoms in total. The molecule has 0 aromatic heterocycles. The molecular weight excluding hydrogens is 286 g/mol. The molecule has 1 unspecified atom stereocenters. The van der Waals surface area contributed by atoms with Crippen molar-refractivity contribution in [3.05, 3.63) is 23.3 Å². The van der Waals surface area contributed by atoms with Gasteiger partial charge in [0.05, 0.1) is 4.90 Å². The first kappa shape index (κ1) is 15.8. The van der Waals surface area contributed by atoms with Crippen molar-refractivity contribution in [1.29, 1.82) is 5.26 Å². The van der Waals surface area contributed by atoms with E-state index in [2.05, 4.69) is 0 Å². The van der Waals surface area contributed by atoms with Crippen LogP contribution in [0.3, 0.4) is 0 Å². The van der Waals surface area contributed by atoms with E-state index in [1.54, 1.807) is 19.9 Å². The third kappa shape index (κ3) is 3.85. The first-order valence-corrected chi connectivity index (χ1v) is 8.13. The lowest BCUT2D eigenvalue weighted by molar-refractivity contribution is 0.274. The van der Waals surface area contributed by atoms with Gasteiger partial charge in [-0.05, 0) is 43.0 Å². The molecule has 0 aliphatic carbocycles. The lowest BCUT2D eigenvalue weighted by Crippen LogP contribution is -2.10. The van der Waals surface area contributed by atoms with Gasteiger partial charge in [0.15, 0.2) is 6.10 Å². The van der Waals surface area contributed by atoms with Crippen molar-refractivity contribution < 1.29 is 13.2 Å². The predicted molar refractivity (Wildman–Crippen MR) is 74.0 cm³/mol. The first-order chi connectivity index (χ1) is 8.66. The number of ether oxygens (including phenoxy) is 1. The van der Waals surface area contributed by atoms with Crippen molar-refractivity contribution in [2.75, 3.05) is 0 Å². The molecule has 1 aromatic carbocycles. The molecule has 0 N–H and O–H groups in total. The zero-order chi connectivity index (χ0) is 14.8. The number of aryl methyl sites for hydroxylation is 1. The molecule has 0 aliphatic heterocycles. The van der Waals surface area contributed by atoms with Crippen LogP contribution < -0.4 is 4.74 Å². The molecule has 0 amide bonds. The van der Waals surface area contributed by atoms with Crippen LogP contribution in [0.25, 0.3) is 0 Å². The number of nitriles is 1. The Morgan fingerprint density at radius 1 is 1.32 bits per heavy atom. The quantitative estimate of drug-likeness (QED) is 0.800. The van der Waals surface area contributed by atoms with Gasteiger partial charge in [-0.1, -0.05) is 13.8 Å². The molecule has 1 atom stereocenters. The Morgan fingerprint density at radius 2 is 1.89 bits per heavy atom. The number of benzene rings is 1. The summed E-state index contributed by atoms with van der Waals surface area (Å²) in [7, 11) is 1.64. The van der Waals surface area contributed by atoms with Crippen LogP contribution in [-0.2, 0) is 9.05 Å². The number of hydrogen-bond acceptors (Lipinski definition) is 4.